The van der Waals surface area contributed by atoms with Gasteiger partial charge in [0.2, 0.25) is 26.0 Å². The first-order valence-electron chi connectivity index (χ1n) is 7.06. The summed E-state index contributed by atoms with van der Waals surface area (Å²) < 4.78 is 50.9. The van der Waals surface area contributed by atoms with Crippen molar-refractivity contribution in [2.24, 2.45) is 0 Å². The molecule has 0 aromatic heterocycles. The molecule has 1 N–H and O–H groups in total. The van der Waals surface area contributed by atoms with Crippen molar-refractivity contribution in [1.82, 2.24) is 8.61 Å². The van der Waals surface area contributed by atoms with E-state index in [0.29, 0.717) is 11.3 Å². The van der Waals surface area contributed by atoms with Gasteiger partial charge in [-0.25, -0.2) is 16.8 Å². The quantitative estimate of drug-likeness (QED) is 0.780. The third-order valence-electron chi connectivity index (χ3n) is 4.01. The maximum absolute atomic E-state index is 12.7. The first kappa shape index (κ1) is 16.4. The van der Waals surface area contributed by atoms with Crippen LogP contribution in [-0.2, 0) is 31.3 Å². The molecule has 2 aliphatic heterocycles. The molecule has 0 bridgehead atoms. The number of amides is 1. The van der Waals surface area contributed by atoms with E-state index in [0.717, 1.165) is 6.26 Å². The summed E-state index contributed by atoms with van der Waals surface area (Å²) >= 11 is 0. The molecule has 0 saturated carbocycles. The number of nitrogens with one attached hydrogen (secondary N) is 1. The molecule has 0 aliphatic carbocycles. The van der Waals surface area contributed by atoms with Crippen LogP contribution in [0.15, 0.2) is 23.1 Å². The van der Waals surface area contributed by atoms with Crippen molar-refractivity contribution in [3.8, 4) is 0 Å². The number of rotatable bonds is 3. The van der Waals surface area contributed by atoms with Gasteiger partial charge in [-0.05, 0) is 23.8 Å². The van der Waals surface area contributed by atoms with Crippen LogP contribution in [0.25, 0.3) is 0 Å². The third-order valence-corrected chi connectivity index (χ3v) is 7.20. The second kappa shape index (κ2) is 5.55. The molecule has 126 valence electrons. The first-order chi connectivity index (χ1) is 10.7. The van der Waals surface area contributed by atoms with Gasteiger partial charge in [0, 0.05) is 31.9 Å². The van der Waals surface area contributed by atoms with Gasteiger partial charge in [0.05, 0.1) is 17.6 Å². The fraction of sp³-hybridized carbons (Fsp3) is 0.462. The number of hydrogen-bond donors (Lipinski definition) is 1. The Labute approximate surface area is 135 Å². The molecule has 1 amide bonds. The lowest BCUT2D eigenvalue weighted by atomic mass is 10.2. The number of hydrogen-bond acceptors (Lipinski definition) is 5. The number of carbonyl (C=O) groups excluding carboxylic acids is 1. The summed E-state index contributed by atoms with van der Waals surface area (Å²) in [5.41, 5.74) is 1.29. The van der Waals surface area contributed by atoms with Crippen LogP contribution in [0.4, 0.5) is 5.69 Å². The zero-order valence-electron chi connectivity index (χ0n) is 12.5. The van der Waals surface area contributed by atoms with Crippen LogP contribution in [0.1, 0.15) is 5.56 Å². The van der Waals surface area contributed by atoms with Crippen LogP contribution in [0.3, 0.4) is 0 Å². The molecule has 3 rings (SSSR count). The predicted octanol–water partition coefficient (Wildman–Crippen LogP) is -0.553. The largest absolute Gasteiger partial charge is 0.326 e. The molecule has 2 aliphatic rings. The van der Waals surface area contributed by atoms with Gasteiger partial charge in [-0.3, -0.25) is 4.79 Å². The Hall–Kier alpha value is -1.49. The molecule has 23 heavy (non-hydrogen) atoms. The molecular formula is C13H17N3O5S2. The van der Waals surface area contributed by atoms with E-state index < -0.39 is 20.0 Å². The number of piperazine rings is 1. The summed E-state index contributed by atoms with van der Waals surface area (Å²) in [6, 6.07) is 4.55. The number of nitrogens with zero attached hydrogens (tertiary/aromatic N) is 2. The van der Waals surface area contributed by atoms with Gasteiger partial charge in [-0.15, -0.1) is 0 Å². The van der Waals surface area contributed by atoms with E-state index >= 15 is 0 Å². The summed E-state index contributed by atoms with van der Waals surface area (Å²) in [6.45, 7) is 0.513. The average Bonchev–Trinajstić information content (AvgIpc) is 2.85. The Morgan fingerprint density at radius 2 is 1.61 bits per heavy atom. The Morgan fingerprint density at radius 3 is 2.22 bits per heavy atom. The highest BCUT2D eigenvalue weighted by Gasteiger charge is 2.32. The van der Waals surface area contributed by atoms with Crippen LogP contribution in [0.2, 0.25) is 0 Å². The van der Waals surface area contributed by atoms with Crippen molar-refractivity contribution in [1.29, 1.82) is 0 Å². The number of carbonyl (C=O) groups is 1. The summed E-state index contributed by atoms with van der Waals surface area (Å²) in [5, 5.41) is 2.66. The second-order valence-corrected chi connectivity index (χ2v) is 9.53. The predicted molar refractivity (Wildman–Crippen MR) is 84.0 cm³/mol. The number of fused-ring (bicyclic) bond motifs is 1. The fourth-order valence-corrected chi connectivity index (χ4v) is 5.06. The van der Waals surface area contributed by atoms with Crippen LogP contribution in [0.5, 0.6) is 0 Å². The lowest BCUT2D eigenvalue weighted by Gasteiger charge is -2.32. The lowest BCUT2D eigenvalue weighted by Crippen LogP contribution is -2.50. The second-order valence-electron chi connectivity index (χ2n) is 5.61. The molecule has 0 spiro atoms. The van der Waals surface area contributed by atoms with Crippen LogP contribution in [-0.4, -0.2) is 63.8 Å². The van der Waals surface area contributed by atoms with Crippen molar-refractivity contribution in [3.63, 3.8) is 0 Å². The fourth-order valence-electron chi connectivity index (χ4n) is 2.76. The smallest absolute Gasteiger partial charge is 0.243 e. The van der Waals surface area contributed by atoms with Gasteiger partial charge >= 0.3 is 0 Å². The lowest BCUT2D eigenvalue weighted by molar-refractivity contribution is -0.115. The highest BCUT2D eigenvalue weighted by Crippen LogP contribution is 2.27. The molecule has 8 nitrogen and oxygen atoms in total. The van der Waals surface area contributed by atoms with E-state index in [-0.39, 0.29) is 43.4 Å². The van der Waals surface area contributed by atoms with Crippen molar-refractivity contribution in [2.75, 3.05) is 37.8 Å². The van der Waals surface area contributed by atoms with Gasteiger partial charge in [-0.2, -0.15) is 8.61 Å². The molecular weight excluding hydrogens is 342 g/mol. The monoisotopic (exact) mass is 359 g/mol. The Bertz CT molecular complexity index is 856. The molecule has 0 unspecified atom stereocenters. The Balaban J connectivity index is 1.81. The molecule has 0 radical (unpaired) electrons. The van der Waals surface area contributed by atoms with Crippen molar-refractivity contribution in [3.05, 3.63) is 23.8 Å². The minimum atomic E-state index is -3.70. The Kier molecular flexibility index (Phi) is 3.95. The van der Waals surface area contributed by atoms with Crippen LogP contribution in [0, 0.1) is 0 Å². The first-order valence-corrected chi connectivity index (χ1v) is 10.3. The highest BCUT2D eigenvalue weighted by atomic mass is 32.2. The number of sulfonamides is 2. The molecule has 2 heterocycles. The van der Waals surface area contributed by atoms with Crippen molar-refractivity contribution < 1.29 is 21.6 Å². The zero-order chi connectivity index (χ0) is 16.8. The van der Waals surface area contributed by atoms with Gasteiger partial charge in [0.25, 0.3) is 0 Å². The SMILES string of the molecule is CS(=O)(=O)N1CCN(S(=O)(=O)c2ccc3c(c2)CC(=O)N3)CC1. The van der Waals surface area contributed by atoms with Gasteiger partial charge in [0.1, 0.15) is 0 Å². The average molecular weight is 359 g/mol. The van der Waals surface area contributed by atoms with Crippen LogP contribution < -0.4 is 5.32 Å². The molecule has 1 fully saturated rings. The topological polar surface area (TPSA) is 104 Å². The van der Waals surface area contributed by atoms with E-state index in [2.05, 4.69) is 5.32 Å². The molecule has 1 aromatic carbocycles. The van der Waals surface area contributed by atoms with E-state index in [1.165, 1.54) is 20.7 Å². The minimum Gasteiger partial charge on any atom is -0.326 e. The molecule has 1 saturated heterocycles. The molecule has 0 atom stereocenters. The van der Waals surface area contributed by atoms with Gasteiger partial charge < -0.3 is 5.32 Å². The summed E-state index contributed by atoms with van der Waals surface area (Å²) in [7, 11) is -7.00. The Morgan fingerprint density at radius 1 is 1.00 bits per heavy atom. The maximum atomic E-state index is 12.7. The highest BCUT2D eigenvalue weighted by molar-refractivity contribution is 7.89. The number of benzene rings is 1. The van der Waals surface area contributed by atoms with E-state index in [1.807, 2.05) is 0 Å². The number of anilines is 1. The minimum absolute atomic E-state index is 0.115. The van der Waals surface area contributed by atoms with Gasteiger partial charge in [-0.1, -0.05) is 0 Å². The summed E-state index contributed by atoms with van der Waals surface area (Å²) in [6.07, 6.45) is 1.28. The third kappa shape index (κ3) is 3.11. The molecule has 1 aromatic rings. The standard InChI is InChI=1S/C13H17N3O5S2/c1-22(18,19)15-4-6-16(7-5-15)23(20,21)11-2-3-12-10(8-11)9-13(17)14-12/h2-3,8H,4-7,9H2,1H3,(H,14,17). The summed E-state index contributed by atoms with van der Waals surface area (Å²) in [4.78, 5) is 11.5. The normalized spacial score (nSPS) is 20.3. The molecule has 10 heteroatoms. The van der Waals surface area contributed by atoms with Crippen molar-refractivity contribution >= 4 is 31.6 Å². The van der Waals surface area contributed by atoms with Gasteiger partial charge in [0.15, 0.2) is 0 Å². The van der Waals surface area contributed by atoms with E-state index in [4.69, 9.17) is 0 Å². The summed E-state index contributed by atoms with van der Waals surface area (Å²) in [5.74, 6) is -0.156. The zero-order valence-corrected chi connectivity index (χ0v) is 14.2. The van der Waals surface area contributed by atoms with E-state index in [9.17, 15) is 21.6 Å². The van der Waals surface area contributed by atoms with Crippen LogP contribution >= 0.6 is 0 Å². The van der Waals surface area contributed by atoms with Crippen molar-refractivity contribution in [2.45, 2.75) is 11.3 Å². The maximum Gasteiger partial charge on any atom is 0.243 e. The van der Waals surface area contributed by atoms with E-state index in [1.54, 1.807) is 6.07 Å².